The van der Waals surface area contributed by atoms with Gasteiger partial charge in [-0.05, 0) is 37.3 Å². The Kier molecular flexibility index (Phi) is 5.41. The maximum Gasteiger partial charge on any atom is 0.339 e. The number of benzene rings is 2. The van der Waals surface area contributed by atoms with Crippen LogP contribution in [0.1, 0.15) is 21.7 Å². The maximum atomic E-state index is 13.7. The predicted octanol–water partition coefficient (Wildman–Crippen LogP) is 5.33. The third kappa shape index (κ3) is 4.16. The van der Waals surface area contributed by atoms with E-state index in [2.05, 4.69) is 10.4 Å². The molecule has 1 aromatic heterocycles. The molecule has 0 atom stereocenters. The molecule has 0 aliphatic carbocycles. The van der Waals surface area contributed by atoms with E-state index in [9.17, 15) is 26.7 Å². The van der Waals surface area contributed by atoms with Crippen LogP contribution in [0.4, 0.5) is 27.6 Å². The van der Waals surface area contributed by atoms with E-state index < -0.39 is 38.5 Å². The number of halogens is 6. The van der Waals surface area contributed by atoms with E-state index in [0.29, 0.717) is 23.5 Å². The summed E-state index contributed by atoms with van der Waals surface area (Å²) in [6.45, 7) is 1.61. The number of carbonyl (C=O) groups excluding carboxylic acids is 1. The summed E-state index contributed by atoms with van der Waals surface area (Å²) in [4.78, 5) is 12.1. The lowest BCUT2D eigenvalue weighted by molar-refractivity contribution is 0.101. The Balaban J connectivity index is 1.82. The molecule has 1 N–H and O–H groups in total. The molecular formula is C18H11F5IN3O. The first-order valence-corrected chi connectivity index (χ1v) is 8.84. The standard InChI is InChI=1S/C18H11F5IN3O/c1-9-6-15(18(22,23)24)26-27(9)12-4-2-11(3-5-12)25-17(28)16-13(20)7-10(19)8-14(16)21/h2-8H,1H3,(H,25,28). The first-order valence-electron chi connectivity index (χ1n) is 7.76. The maximum absolute atomic E-state index is 13.7. The van der Waals surface area contributed by atoms with Crippen molar-refractivity contribution in [2.24, 2.45) is 0 Å². The summed E-state index contributed by atoms with van der Waals surface area (Å²) < 4.78 is 65.3. The van der Waals surface area contributed by atoms with Crippen molar-refractivity contribution >= 4 is 34.2 Å². The summed E-state index contributed by atoms with van der Waals surface area (Å²) in [5.74, 6) is -4.89. The largest absolute Gasteiger partial charge is 0.339 e. The minimum Gasteiger partial charge on any atom is -0.322 e. The lowest BCUT2D eigenvalue weighted by Crippen LogP contribution is -2.16. The van der Waals surface area contributed by atoms with Gasteiger partial charge in [0.15, 0.2) is 0 Å². The van der Waals surface area contributed by atoms with Crippen molar-refractivity contribution < 1.29 is 26.7 Å². The van der Waals surface area contributed by atoms with Gasteiger partial charge in [0.2, 0.25) is 0 Å². The second-order valence-corrected chi connectivity index (χ2v) is 7.18. The van der Waals surface area contributed by atoms with Gasteiger partial charge in [0, 0.05) is 46.1 Å². The summed E-state index contributed by atoms with van der Waals surface area (Å²) in [6.07, 6.45) is 0. The van der Waals surface area contributed by atoms with E-state index in [1.54, 1.807) is 6.92 Å². The van der Waals surface area contributed by atoms with Gasteiger partial charge >= 0.3 is 3.93 Å². The Morgan fingerprint density at radius 2 is 1.64 bits per heavy atom. The van der Waals surface area contributed by atoms with Crippen LogP contribution in [0.2, 0.25) is 0 Å². The van der Waals surface area contributed by atoms with E-state index in [4.69, 9.17) is 0 Å². The van der Waals surface area contributed by atoms with Gasteiger partial charge in [0.05, 0.1) is 5.69 Å². The normalized spacial score (nSPS) is 11.5. The van der Waals surface area contributed by atoms with Crippen molar-refractivity contribution in [2.45, 2.75) is 10.9 Å². The molecule has 3 rings (SSSR count). The Hall–Kier alpha value is -2.50. The zero-order valence-electron chi connectivity index (χ0n) is 14.1. The van der Waals surface area contributed by atoms with Gasteiger partial charge < -0.3 is 5.32 Å². The zero-order chi connectivity index (χ0) is 20.6. The Morgan fingerprint density at radius 3 is 2.14 bits per heavy atom. The van der Waals surface area contributed by atoms with Crippen molar-refractivity contribution in [3.8, 4) is 5.69 Å². The highest BCUT2D eigenvalue weighted by molar-refractivity contribution is 14.1. The molecule has 0 aliphatic heterocycles. The fraction of sp³-hybridized carbons (Fsp3) is 0.111. The number of anilines is 1. The number of hydrogen-bond acceptors (Lipinski definition) is 2. The lowest BCUT2D eigenvalue weighted by Gasteiger charge is -2.09. The number of hydrogen-bond donors (Lipinski definition) is 1. The minimum atomic E-state index is -3.12. The Labute approximate surface area is 169 Å². The molecule has 1 heterocycles. The molecule has 2 aromatic carbocycles. The van der Waals surface area contributed by atoms with Crippen molar-refractivity contribution in [3.63, 3.8) is 0 Å². The van der Waals surface area contributed by atoms with Crippen LogP contribution in [-0.2, 0) is 3.93 Å². The molecule has 3 aromatic rings. The molecule has 0 spiro atoms. The highest BCUT2D eigenvalue weighted by Gasteiger charge is 2.31. The van der Waals surface area contributed by atoms with Gasteiger partial charge in [-0.3, -0.25) is 4.79 Å². The fourth-order valence-electron chi connectivity index (χ4n) is 2.51. The SMILES string of the molecule is Cc1cc(C(F)(F)I)nn1-c1ccc(NC(=O)c2c(F)cc(F)cc2F)cc1. The molecule has 0 unspecified atom stereocenters. The number of aryl methyl sites for hydroxylation is 1. The summed E-state index contributed by atoms with van der Waals surface area (Å²) >= 11 is 0.982. The van der Waals surface area contributed by atoms with E-state index in [1.807, 2.05) is 0 Å². The number of amides is 1. The van der Waals surface area contributed by atoms with Crippen molar-refractivity contribution in [1.29, 1.82) is 0 Å². The van der Waals surface area contributed by atoms with Crippen molar-refractivity contribution in [1.82, 2.24) is 9.78 Å². The van der Waals surface area contributed by atoms with Crippen LogP contribution < -0.4 is 5.32 Å². The van der Waals surface area contributed by atoms with Crippen LogP contribution in [0.5, 0.6) is 0 Å². The van der Waals surface area contributed by atoms with Gasteiger partial charge in [-0.15, -0.1) is 0 Å². The number of rotatable bonds is 4. The van der Waals surface area contributed by atoms with Gasteiger partial charge in [-0.2, -0.15) is 13.9 Å². The van der Waals surface area contributed by atoms with E-state index in [0.717, 1.165) is 22.6 Å². The van der Waals surface area contributed by atoms with Crippen LogP contribution in [0.25, 0.3) is 5.69 Å². The van der Waals surface area contributed by atoms with Crippen LogP contribution in [0, 0.1) is 24.4 Å². The number of carbonyl (C=O) groups is 1. The Bertz CT molecular complexity index is 1020. The number of nitrogens with one attached hydrogen (secondary N) is 1. The lowest BCUT2D eigenvalue weighted by atomic mass is 10.1. The average Bonchev–Trinajstić information content (AvgIpc) is 2.96. The van der Waals surface area contributed by atoms with Crippen molar-refractivity contribution in [2.75, 3.05) is 5.32 Å². The third-order valence-corrected chi connectivity index (χ3v) is 4.33. The first-order chi connectivity index (χ1) is 13.1. The van der Waals surface area contributed by atoms with Crippen LogP contribution >= 0.6 is 22.6 Å². The molecule has 28 heavy (non-hydrogen) atoms. The number of alkyl halides is 3. The van der Waals surface area contributed by atoms with Crippen LogP contribution in [0.3, 0.4) is 0 Å². The van der Waals surface area contributed by atoms with Crippen LogP contribution in [0.15, 0.2) is 42.5 Å². The van der Waals surface area contributed by atoms with Gasteiger partial charge in [-0.1, -0.05) is 0 Å². The van der Waals surface area contributed by atoms with Gasteiger partial charge in [-0.25, -0.2) is 17.9 Å². The van der Waals surface area contributed by atoms with E-state index in [1.165, 1.54) is 35.0 Å². The quantitative estimate of drug-likeness (QED) is 0.295. The second-order valence-electron chi connectivity index (χ2n) is 5.83. The summed E-state index contributed by atoms with van der Waals surface area (Å²) in [5.41, 5.74) is -0.200. The summed E-state index contributed by atoms with van der Waals surface area (Å²) in [7, 11) is 0. The first kappa shape index (κ1) is 20.2. The summed E-state index contributed by atoms with van der Waals surface area (Å²) in [5, 5.41) is 6.15. The topological polar surface area (TPSA) is 46.9 Å². The molecule has 0 saturated heterocycles. The molecule has 1 amide bonds. The molecule has 0 radical (unpaired) electrons. The van der Waals surface area contributed by atoms with E-state index >= 15 is 0 Å². The molecule has 0 saturated carbocycles. The fourth-order valence-corrected chi connectivity index (χ4v) is 2.78. The highest BCUT2D eigenvalue weighted by Crippen LogP contribution is 2.35. The summed E-state index contributed by atoms with van der Waals surface area (Å²) in [6, 6.07) is 7.86. The second kappa shape index (κ2) is 7.49. The molecule has 0 fully saturated rings. The minimum absolute atomic E-state index is 0.195. The van der Waals surface area contributed by atoms with E-state index in [-0.39, 0.29) is 5.69 Å². The molecule has 0 bridgehead atoms. The van der Waals surface area contributed by atoms with Gasteiger partial charge in [0.1, 0.15) is 28.7 Å². The molecule has 4 nitrogen and oxygen atoms in total. The van der Waals surface area contributed by atoms with Crippen molar-refractivity contribution in [3.05, 3.63) is 76.9 Å². The average molecular weight is 507 g/mol. The highest BCUT2D eigenvalue weighted by atomic mass is 127. The third-order valence-electron chi connectivity index (χ3n) is 3.78. The monoisotopic (exact) mass is 507 g/mol. The predicted molar refractivity (Wildman–Crippen MR) is 100 cm³/mol. The van der Waals surface area contributed by atoms with Gasteiger partial charge in [0.25, 0.3) is 5.91 Å². The molecule has 0 aliphatic rings. The van der Waals surface area contributed by atoms with Crippen LogP contribution in [-0.4, -0.2) is 15.7 Å². The molecule has 10 heteroatoms. The smallest absolute Gasteiger partial charge is 0.322 e. The zero-order valence-corrected chi connectivity index (χ0v) is 16.3. The molecular weight excluding hydrogens is 496 g/mol. The number of aromatic nitrogens is 2. The number of nitrogens with zero attached hydrogens (tertiary/aromatic N) is 2. The molecule has 146 valence electrons. The Morgan fingerprint density at radius 1 is 1.07 bits per heavy atom.